The molecule has 3 rings (SSSR count). The third kappa shape index (κ3) is 2.20. The van der Waals surface area contributed by atoms with E-state index in [4.69, 9.17) is 23.8 Å². The molecule has 19 heavy (non-hydrogen) atoms. The van der Waals surface area contributed by atoms with Crippen LogP contribution >= 0.6 is 35.2 Å². The molecule has 0 aliphatic rings. The Morgan fingerprint density at radius 3 is 3.00 bits per heavy atom. The van der Waals surface area contributed by atoms with Crippen molar-refractivity contribution in [1.29, 1.82) is 0 Å². The number of thiazole rings is 1. The summed E-state index contributed by atoms with van der Waals surface area (Å²) in [6, 6.07) is 2.96. The summed E-state index contributed by atoms with van der Waals surface area (Å²) in [6.07, 6.45) is 0. The molecule has 0 unspecified atom stereocenters. The molecule has 0 bridgehead atoms. The molecule has 0 fully saturated rings. The van der Waals surface area contributed by atoms with Gasteiger partial charge in [0.1, 0.15) is 5.82 Å². The van der Waals surface area contributed by atoms with Crippen LogP contribution in [0.15, 0.2) is 17.6 Å². The second-order valence-corrected chi connectivity index (χ2v) is 5.89. The van der Waals surface area contributed by atoms with Crippen LogP contribution < -0.4 is 0 Å². The number of rotatable bonds is 2. The van der Waals surface area contributed by atoms with Crippen LogP contribution in [0.25, 0.3) is 11.0 Å². The van der Waals surface area contributed by atoms with Crippen LogP contribution in [0.1, 0.15) is 10.6 Å². The number of hydrogen-bond donors (Lipinski definition) is 1. The highest BCUT2D eigenvalue weighted by atomic mass is 35.5. The van der Waals surface area contributed by atoms with E-state index in [9.17, 15) is 4.39 Å². The second-order valence-electron chi connectivity index (χ2n) is 4.16. The van der Waals surface area contributed by atoms with E-state index in [0.29, 0.717) is 16.8 Å². The summed E-state index contributed by atoms with van der Waals surface area (Å²) in [6.45, 7) is 2.53. The summed E-state index contributed by atoms with van der Waals surface area (Å²) in [5.74, 6) is -0.446. The van der Waals surface area contributed by atoms with Crippen LogP contribution in [0.5, 0.6) is 0 Å². The number of imidazole rings is 1. The molecule has 0 spiro atoms. The van der Waals surface area contributed by atoms with Gasteiger partial charge in [-0.1, -0.05) is 11.6 Å². The molecule has 0 saturated heterocycles. The maximum Gasteiger partial charge on any atom is 0.178 e. The van der Waals surface area contributed by atoms with E-state index in [1.807, 2.05) is 11.5 Å². The van der Waals surface area contributed by atoms with E-state index in [-0.39, 0.29) is 5.02 Å². The van der Waals surface area contributed by atoms with Crippen LogP contribution in [0.3, 0.4) is 0 Å². The Balaban J connectivity index is 2.18. The number of aromatic amines is 1. The number of aryl methyl sites for hydroxylation is 1. The summed E-state index contributed by atoms with van der Waals surface area (Å²) in [5.41, 5.74) is 4.20. The molecule has 3 aromatic rings. The zero-order valence-electron chi connectivity index (χ0n) is 9.91. The molecule has 1 N–H and O–H groups in total. The predicted octanol–water partition coefficient (Wildman–Crippen LogP) is 4.30. The van der Waals surface area contributed by atoms with Gasteiger partial charge in [0.05, 0.1) is 33.8 Å². The fourth-order valence-electron chi connectivity index (χ4n) is 1.93. The highest BCUT2D eigenvalue weighted by Gasteiger charge is 2.11. The molecular weight excluding hydrogens is 305 g/mol. The maximum absolute atomic E-state index is 13.6. The Labute approximate surface area is 122 Å². The van der Waals surface area contributed by atoms with Gasteiger partial charge in [-0.05, 0) is 25.2 Å². The molecule has 0 amide bonds. The topological polar surface area (TPSA) is 33.6 Å². The Morgan fingerprint density at radius 2 is 2.32 bits per heavy atom. The van der Waals surface area contributed by atoms with Gasteiger partial charge in [-0.15, -0.1) is 11.3 Å². The normalized spacial score (nSPS) is 11.3. The first-order chi connectivity index (χ1) is 9.06. The zero-order valence-corrected chi connectivity index (χ0v) is 12.3. The molecule has 0 atom stereocenters. The minimum absolute atomic E-state index is 0.0878. The predicted molar refractivity (Wildman–Crippen MR) is 78.0 cm³/mol. The van der Waals surface area contributed by atoms with Crippen LogP contribution in [0, 0.1) is 17.5 Å². The van der Waals surface area contributed by atoms with Crippen molar-refractivity contribution < 1.29 is 4.39 Å². The number of benzene rings is 1. The molecule has 1 aromatic carbocycles. The van der Waals surface area contributed by atoms with Gasteiger partial charge < -0.3 is 9.55 Å². The first kappa shape index (κ1) is 12.8. The summed E-state index contributed by atoms with van der Waals surface area (Å²) in [7, 11) is 0. The van der Waals surface area contributed by atoms with Gasteiger partial charge in [-0.2, -0.15) is 0 Å². The lowest BCUT2D eigenvalue weighted by Gasteiger charge is -2.03. The van der Waals surface area contributed by atoms with Crippen molar-refractivity contribution in [2.75, 3.05) is 0 Å². The van der Waals surface area contributed by atoms with Gasteiger partial charge in [0.2, 0.25) is 0 Å². The van der Waals surface area contributed by atoms with Crippen LogP contribution in [0.4, 0.5) is 4.39 Å². The smallest absolute Gasteiger partial charge is 0.178 e. The number of hydrogen-bond acceptors (Lipinski definition) is 3. The van der Waals surface area contributed by atoms with Crippen molar-refractivity contribution in [2.24, 2.45) is 0 Å². The fourth-order valence-corrected chi connectivity index (χ4v) is 3.13. The number of nitrogens with one attached hydrogen (secondary N) is 1. The summed E-state index contributed by atoms with van der Waals surface area (Å²) >= 11 is 12.6. The number of fused-ring (bicyclic) bond motifs is 1. The van der Waals surface area contributed by atoms with Crippen molar-refractivity contribution in [3.63, 3.8) is 0 Å². The third-order valence-corrected chi connectivity index (χ3v) is 4.49. The van der Waals surface area contributed by atoms with E-state index in [0.717, 1.165) is 16.1 Å². The number of H-pyrrole nitrogens is 1. The van der Waals surface area contributed by atoms with E-state index in [1.54, 1.807) is 22.9 Å². The van der Waals surface area contributed by atoms with Crippen molar-refractivity contribution in [1.82, 2.24) is 14.5 Å². The Morgan fingerprint density at radius 1 is 1.53 bits per heavy atom. The molecule has 7 heteroatoms. The molecule has 0 saturated carbocycles. The van der Waals surface area contributed by atoms with Crippen molar-refractivity contribution in [2.45, 2.75) is 13.5 Å². The number of aromatic nitrogens is 3. The average Bonchev–Trinajstić information content (AvgIpc) is 2.88. The minimum atomic E-state index is -0.446. The van der Waals surface area contributed by atoms with Crippen LogP contribution in [0.2, 0.25) is 5.02 Å². The molecule has 0 aliphatic carbocycles. The summed E-state index contributed by atoms with van der Waals surface area (Å²) in [4.78, 5) is 8.35. The van der Waals surface area contributed by atoms with Gasteiger partial charge in [-0.25, -0.2) is 9.37 Å². The fraction of sp³-hybridized carbons (Fsp3) is 0.167. The van der Waals surface area contributed by atoms with Gasteiger partial charge >= 0.3 is 0 Å². The monoisotopic (exact) mass is 313 g/mol. The number of halogens is 2. The first-order valence-corrected chi connectivity index (χ1v) is 7.19. The lowest BCUT2D eigenvalue weighted by atomic mass is 10.3. The molecule has 2 aromatic heterocycles. The van der Waals surface area contributed by atoms with E-state index in [2.05, 4.69) is 9.97 Å². The molecule has 0 aliphatic heterocycles. The van der Waals surface area contributed by atoms with Crippen molar-refractivity contribution >= 4 is 46.2 Å². The van der Waals surface area contributed by atoms with Crippen molar-refractivity contribution in [3.05, 3.63) is 43.8 Å². The SMILES string of the molecule is Cc1ncsc1Cn1c(=S)[nH]c2cc(Cl)c(F)cc21. The highest BCUT2D eigenvalue weighted by Crippen LogP contribution is 2.24. The highest BCUT2D eigenvalue weighted by molar-refractivity contribution is 7.71. The molecular formula is C12H9ClFN3S2. The zero-order chi connectivity index (χ0) is 13.6. The average molecular weight is 314 g/mol. The minimum Gasteiger partial charge on any atom is -0.331 e. The van der Waals surface area contributed by atoms with Gasteiger partial charge in [0.25, 0.3) is 0 Å². The van der Waals surface area contributed by atoms with Gasteiger partial charge in [0, 0.05) is 10.9 Å². The lowest BCUT2D eigenvalue weighted by Crippen LogP contribution is -1.99. The Bertz CT molecular complexity index is 818. The van der Waals surface area contributed by atoms with Crippen molar-refractivity contribution in [3.8, 4) is 0 Å². The first-order valence-electron chi connectivity index (χ1n) is 5.53. The quantitative estimate of drug-likeness (QED) is 0.715. The standard InChI is InChI=1S/C12H9ClFN3S2/c1-6-11(19-5-15-6)4-17-10-3-8(14)7(13)2-9(10)16-12(17)18/h2-3,5H,4H2,1H3,(H,16,18). The molecule has 0 radical (unpaired) electrons. The maximum atomic E-state index is 13.6. The van der Waals surface area contributed by atoms with E-state index < -0.39 is 5.82 Å². The molecule has 98 valence electrons. The number of nitrogens with zero attached hydrogens (tertiary/aromatic N) is 2. The molecule has 2 heterocycles. The van der Waals surface area contributed by atoms with E-state index in [1.165, 1.54) is 6.07 Å². The largest absolute Gasteiger partial charge is 0.331 e. The van der Waals surface area contributed by atoms with Gasteiger partial charge in [-0.3, -0.25) is 0 Å². The summed E-state index contributed by atoms with van der Waals surface area (Å²) < 4.78 is 16.0. The van der Waals surface area contributed by atoms with E-state index >= 15 is 0 Å². The van der Waals surface area contributed by atoms with Crippen LogP contribution in [-0.4, -0.2) is 14.5 Å². The van der Waals surface area contributed by atoms with Gasteiger partial charge in [0.15, 0.2) is 4.77 Å². The Hall–Kier alpha value is -1.24. The second kappa shape index (κ2) is 4.70. The van der Waals surface area contributed by atoms with Crippen LogP contribution in [-0.2, 0) is 6.54 Å². The Kier molecular flexibility index (Phi) is 3.16. The third-order valence-electron chi connectivity index (χ3n) is 2.96. The summed E-state index contributed by atoms with van der Waals surface area (Å²) in [5, 5.41) is 0.0878. The molecule has 3 nitrogen and oxygen atoms in total. The lowest BCUT2D eigenvalue weighted by molar-refractivity contribution is 0.629.